The number of halogens is 1. The molecule has 0 aliphatic heterocycles. The monoisotopic (exact) mass is 270 g/mol. The fourth-order valence-electron chi connectivity index (χ4n) is 1.44. The highest BCUT2D eigenvalue weighted by Crippen LogP contribution is 2.22. The van der Waals surface area contributed by atoms with Crippen molar-refractivity contribution < 1.29 is 14.7 Å². The smallest absolute Gasteiger partial charge is 0.337 e. The summed E-state index contributed by atoms with van der Waals surface area (Å²) < 4.78 is 0. The topological polar surface area (TPSA) is 92.4 Å². The Bertz CT molecular complexity index is 463. The molecule has 0 fully saturated rings. The zero-order chi connectivity index (χ0) is 13.7. The molecular formula is C12H15ClN2O3. The van der Waals surface area contributed by atoms with Crippen molar-refractivity contribution >= 4 is 29.2 Å². The van der Waals surface area contributed by atoms with E-state index in [1.54, 1.807) is 6.92 Å². The first kappa shape index (κ1) is 14.5. The molecule has 4 N–H and O–H groups in total. The third kappa shape index (κ3) is 3.72. The van der Waals surface area contributed by atoms with Gasteiger partial charge in [0.15, 0.2) is 0 Å². The first-order chi connectivity index (χ1) is 8.45. The van der Waals surface area contributed by atoms with Crippen LogP contribution >= 0.6 is 11.6 Å². The number of anilines is 1. The van der Waals surface area contributed by atoms with Crippen molar-refractivity contribution in [3.63, 3.8) is 0 Å². The van der Waals surface area contributed by atoms with Crippen LogP contribution in [0.2, 0.25) is 5.02 Å². The number of hydrogen-bond donors (Lipinski definition) is 3. The van der Waals surface area contributed by atoms with Gasteiger partial charge in [-0.2, -0.15) is 0 Å². The van der Waals surface area contributed by atoms with Gasteiger partial charge in [0.05, 0.1) is 11.3 Å². The third-order valence-corrected chi connectivity index (χ3v) is 2.75. The van der Waals surface area contributed by atoms with Crippen LogP contribution in [-0.2, 0) is 4.79 Å². The molecule has 0 aromatic heterocycles. The second-order valence-electron chi connectivity index (χ2n) is 3.96. The van der Waals surface area contributed by atoms with E-state index >= 15 is 0 Å². The summed E-state index contributed by atoms with van der Waals surface area (Å²) in [4.78, 5) is 22.8. The van der Waals surface area contributed by atoms with Crippen LogP contribution in [0.5, 0.6) is 0 Å². The summed E-state index contributed by atoms with van der Waals surface area (Å²) in [6.07, 6.45) is 0.537. The number of carbonyl (C=O) groups excluding carboxylic acids is 1. The Morgan fingerprint density at radius 1 is 1.50 bits per heavy atom. The van der Waals surface area contributed by atoms with E-state index in [-0.39, 0.29) is 23.1 Å². The molecule has 0 heterocycles. The zero-order valence-corrected chi connectivity index (χ0v) is 10.7. The fraction of sp³-hybridized carbons (Fsp3) is 0.333. The summed E-state index contributed by atoms with van der Waals surface area (Å²) in [6, 6.07) is 4.23. The van der Waals surface area contributed by atoms with Gasteiger partial charge in [-0.1, -0.05) is 18.5 Å². The molecule has 18 heavy (non-hydrogen) atoms. The Morgan fingerprint density at radius 2 is 2.17 bits per heavy atom. The van der Waals surface area contributed by atoms with Crippen molar-refractivity contribution in [3.05, 3.63) is 28.8 Å². The first-order valence-electron chi connectivity index (χ1n) is 5.49. The molecule has 0 spiro atoms. The van der Waals surface area contributed by atoms with E-state index in [0.717, 1.165) is 0 Å². The van der Waals surface area contributed by atoms with E-state index in [9.17, 15) is 9.59 Å². The van der Waals surface area contributed by atoms with Crippen molar-refractivity contribution in [1.82, 2.24) is 0 Å². The number of nitrogens with two attached hydrogens (primary N) is 1. The quantitative estimate of drug-likeness (QED) is 0.762. The molecule has 0 radical (unpaired) electrons. The van der Waals surface area contributed by atoms with Crippen molar-refractivity contribution in [3.8, 4) is 0 Å². The van der Waals surface area contributed by atoms with Gasteiger partial charge in [0.2, 0.25) is 5.91 Å². The van der Waals surface area contributed by atoms with E-state index in [4.69, 9.17) is 22.4 Å². The number of benzene rings is 1. The highest BCUT2D eigenvalue weighted by molar-refractivity contribution is 6.31. The van der Waals surface area contributed by atoms with Gasteiger partial charge in [0.1, 0.15) is 0 Å². The van der Waals surface area contributed by atoms with E-state index in [2.05, 4.69) is 5.32 Å². The predicted molar refractivity (Wildman–Crippen MR) is 69.9 cm³/mol. The highest BCUT2D eigenvalue weighted by Gasteiger charge is 2.16. The predicted octanol–water partition coefficient (Wildman–Crippen LogP) is 1.96. The van der Waals surface area contributed by atoms with E-state index < -0.39 is 5.97 Å². The maximum atomic E-state index is 11.8. The summed E-state index contributed by atoms with van der Waals surface area (Å²) in [7, 11) is 0. The molecule has 0 saturated carbocycles. The molecule has 98 valence electrons. The molecule has 1 unspecified atom stereocenters. The molecule has 1 atom stereocenters. The second kappa shape index (κ2) is 6.37. The lowest BCUT2D eigenvalue weighted by molar-refractivity contribution is -0.119. The van der Waals surface area contributed by atoms with Crippen molar-refractivity contribution in [1.29, 1.82) is 0 Å². The minimum Gasteiger partial charge on any atom is -0.478 e. The minimum absolute atomic E-state index is 0.00713. The van der Waals surface area contributed by atoms with Gasteiger partial charge in [0, 0.05) is 10.9 Å². The van der Waals surface area contributed by atoms with Crippen LogP contribution in [-0.4, -0.2) is 23.5 Å². The van der Waals surface area contributed by atoms with Crippen molar-refractivity contribution in [2.45, 2.75) is 13.3 Å². The molecular weight excluding hydrogens is 256 g/mol. The molecule has 6 heteroatoms. The van der Waals surface area contributed by atoms with E-state index in [1.165, 1.54) is 18.2 Å². The molecule has 1 aromatic rings. The van der Waals surface area contributed by atoms with Crippen LogP contribution in [0.3, 0.4) is 0 Å². The molecule has 1 aromatic carbocycles. The van der Waals surface area contributed by atoms with Crippen molar-refractivity contribution in [2.75, 3.05) is 11.9 Å². The SMILES string of the molecule is CC(CCN)C(=O)Nc1cc(Cl)ccc1C(=O)O. The number of rotatable bonds is 5. The van der Waals surface area contributed by atoms with Crippen LogP contribution in [0.1, 0.15) is 23.7 Å². The number of carbonyl (C=O) groups is 2. The van der Waals surface area contributed by atoms with Crippen molar-refractivity contribution in [2.24, 2.45) is 11.7 Å². The number of carboxylic acid groups (broad SMARTS) is 1. The maximum absolute atomic E-state index is 11.8. The molecule has 0 aliphatic rings. The lowest BCUT2D eigenvalue weighted by Gasteiger charge is -2.13. The van der Waals surface area contributed by atoms with Gasteiger partial charge in [0.25, 0.3) is 0 Å². The van der Waals surface area contributed by atoms with Crippen LogP contribution in [0.4, 0.5) is 5.69 Å². The first-order valence-corrected chi connectivity index (χ1v) is 5.87. The molecule has 5 nitrogen and oxygen atoms in total. The van der Waals surface area contributed by atoms with E-state index in [1.807, 2.05) is 0 Å². The maximum Gasteiger partial charge on any atom is 0.337 e. The number of aromatic carboxylic acids is 1. The summed E-state index contributed by atoms with van der Waals surface area (Å²) in [5.41, 5.74) is 5.57. The molecule has 1 rings (SSSR count). The number of hydrogen-bond acceptors (Lipinski definition) is 3. The lowest BCUT2D eigenvalue weighted by Crippen LogP contribution is -2.23. The number of carboxylic acids is 1. The highest BCUT2D eigenvalue weighted by atomic mass is 35.5. The fourth-order valence-corrected chi connectivity index (χ4v) is 1.62. The molecule has 0 bridgehead atoms. The van der Waals surface area contributed by atoms with Gasteiger partial charge in [-0.3, -0.25) is 4.79 Å². The standard InChI is InChI=1S/C12H15ClN2O3/c1-7(4-5-14)11(16)15-10-6-8(13)2-3-9(10)12(17)18/h2-3,6-7H,4-5,14H2,1H3,(H,15,16)(H,17,18). The van der Waals surface area contributed by atoms with Gasteiger partial charge >= 0.3 is 5.97 Å². The summed E-state index contributed by atoms with van der Waals surface area (Å²) in [5, 5.41) is 11.9. The summed E-state index contributed by atoms with van der Waals surface area (Å²) in [5.74, 6) is -1.67. The Balaban J connectivity index is 2.92. The lowest BCUT2D eigenvalue weighted by atomic mass is 10.1. The van der Waals surface area contributed by atoms with E-state index in [0.29, 0.717) is 18.0 Å². The molecule has 0 saturated heterocycles. The number of nitrogens with one attached hydrogen (secondary N) is 1. The average Bonchev–Trinajstić information content (AvgIpc) is 2.28. The van der Waals surface area contributed by atoms with Gasteiger partial charge in [-0.15, -0.1) is 0 Å². The van der Waals surface area contributed by atoms with Crippen LogP contribution in [0.15, 0.2) is 18.2 Å². The van der Waals surface area contributed by atoms with Crippen LogP contribution in [0.25, 0.3) is 0 Å². The van der Waals surface area contributed by atoms with Gasteiger partial charge in [-0.25, -0.2) is 4.79 Å². The van der Waals surface area contributed by atoms with Crippen LogP contribution in [0, 0.1) is 5.92 Å². The summed E-state index contributed by atoms with van der Waals surface area (Å²) >= 11 is 5.78. The van der Waals surface area contributed by atoms with Gasteiger partial charge < -0.3 is 16.2 Å². The Kier molecular flexibility index (Phi) is 5.12. The second-order valence-corrected chi connectivity index (χ2v) is 4.40. The zero-order valence-electron chi connectivity index (χ0n) is 9.94. The summed E-state index contributed by atoms with van der Waals surface area (Å²) in [6.45, 7) is 2.13. The Labute approximate surface area is 110 Å². The van der Waals surface area contributed by atoms with Crippen LogP contribution < -0.4 is 11.1 Å². The number of amides is 1. The third-order valence-electron chi connectivity index (χ3n) is 2.52. The van der Waals surface area contributed by atoms with Gasteiger partial charge in [-0.05, 0) is 31.2 Å². The Morgan fingerprint density at radius 3 is 2.72 bits per heavy atom. The largest absolute Gasteiger partial charge is 0.478 e. The average molecular weight is 271 g/mol. The Hall–Kier alpha value is -1.59. The normalized spacial score (nSPS) is 11.9. The minimum atomic E-state index is -1.12. The molecule has 1 amide bonds. The molecule has 0 aliphatic carbocycles.